The molecule has 0 bridgehead atoms. The summed E-state index contributed by atoms with van der Waals surface area (Å²) >= 11 is 0.945. The Bertz CT molecular complexity index is 1660. The number of anilines is 3. The summed E-state index contributed by atoms with van der Waals surface area (Å²) in [4.78, 5) is 22.2. The predicted octanol–water partition coefficient (Wildman–Crippen LogP) is 5.22. The first kappa shape index (κ1) is 26.6. The lowest BCUT2D eigenvalue weighted by atomic mass is 10.0. The Hall–Kier alpha value is -4.30. The van der Waals surface area contributed by atoms with Crippen molar-refractivity contribution in [2.45, 2.75) is 43.1 Å². The van der Waals surface area contributed by atoms with Crippen molar-refractivity contribution < 1.29 is 27.1 Å². The van der Waals surface area contributed by atoms with E-state index in [4.69, 9.17) is 14.1 Å². The molecule has 0 unspecified atom stereocenters. The second-order valence-corrected chi connectivity index (χ2v) is 11.3. The van der Waals surface area contributed by atoms with Gasteiger partial charge in [-0.2, -0.15) is 13.2 Å². The molecule has 2 aliphatic heterocycles. The third kappa shape index (κ3) is 4.79. The van der Waals surface area contributed by atoms with Crippen molar-refractivity contribution in [1.29, 1.82) is 0 Å². The van der Waals surface area contributed by atoms with E-state index >= 15 is 0 Å². The van der Waals surface area contributed by atoms with Crippen molar-refractivity contribution in [3.05, 3.63) is 70.7 Å². The number of thiazole rings is 1. The first-order valence-corrected chi connectivity index (χ1v) is 14.2. The number of fused-ring (bicyclic) bond motifs is 1. The Morgan fingerprint density at radius 2 is 1.81 bits per heavy atom. The highest BCUT2D eigenvalue weighted by molar-refractivity contribution is 7.16. The van der Waals surface area contributed by atoms with Crippen LogP contribution in [0.1, 0.15) is 35.4 Å². The Labute approximate surface area is 241 Å². The Morgan fingerprint density at radius 3 is 2.55 bits per heavy atom. The number of hydrogen-bond acceptors (Lipinski definition) is 10. The smallest absolute Gasteiger partial charge is 0.400 e. The minimum atomic E-state index is -4.42. The maximum atomic E-state index is 13.9. The van der Waals surface area contributed by atoms with Crippen LogP contribution in [0.5, 0.6) is 0 Å². The second kappa shape index (κ2) is 10.2. The molecule has 2 aromatic heterocycles. The molecule has 3 N–H and O–H groups in total. The summed E-state index contributed by atoms with van der Waals surface area (Å²) in [5.74, 6) is -0.530. The molecule has 2 aromatic carbocycles. The molecule has 1 saturated heterocycles. The van der Waals surface area contributed by atoms with E-state index in [-0.39, 0.29) is 41.5 Å². The van der Waals surface area contributed by atoms with Crippen molar-refractivity contribution in [2.24, 2.45) is 4.99 Å². The van der Waals surface area contributed by atoms with Gasteiger partial charge in [0, 0.05) is 17.7 Å². The number of ether oxygens (including phenoxy) is 1. The second-order valence-electron chi connectivity index (χ2n) is 10.3. The van der Waals surface area contributed by atoms with Crippen LogP contribution in [-0.4, -0.2) is 58.4 Å². The van der Waals surface area contributed by atoms with Crippen LogP contribution in [0.2, 0.25) is 0 Å². The van der Waals surface area contributed by atoms with E-state index in [0.717, 1.165) is 22.5 Å². The molecule has 0 spiro atoms. The van der Waals surface area contributed by atoms with E-state index < -0.39 is 23.7 Å². The minimum absolute atomic E-state index is 0.0208. The molecular formula is C28H24F3N7O3S. The van der Waals surface area contributed by atoms with Crippen molar-refractivity contribution in [1.82, 2.24) is 15.2 Å². The van der Waals surface area contributed by atoms with Gasteiger partial charge in [0.2, 0.25) is 6.17 Å². The average Bonchev–Trinajstić information content (AvgIpc) is 3.27. The molecule has 14 heteroatoms. The number of benzodiazepines with no additional fused rings is 1. The monoisotopic (exact) mass is 595 g/mol. The number of carbonyl (C=O) groups is 1. The van der Waals surface area contributed by atoms with Gasteiger partial charge in [0.15, 0.2) is 5.69 Å². The van der Waals surface area contributed by atoms with Gasteiger partial charge in [0.25, 0.3) is 11.8 Å². The number of carbonyl (C=O) groups excluding carboxylic acids is 1. The molecule has 2 fully saturated rings. The summed E-state index contributed by atoms with van der Waals surface area (Å²) in [6.07, 6.45) is -4.90. The van der Waals surface area contributed by atoms with Gasteiger partial charge in [0.05, 0.1) is 24.0 Å². The molecule has 216 valence electrons. The van der Waals surface area contributed by atoms with E-state index in [2.05, 4.69) is 31.1 Å². The number of halogens is 3. The van der Waals surface area contributed by atoms with Gasteiger partial charge in [-0.15, -0.1) is 5.10 Å². The molecule has 0 radical (unpaired) electrons. The quantitative estimate of drug-likeness (QED) is 0.266. The number of hydrogen-bond donors (Lipinski definition) is 3. The Morgan fingerprint density at radius 1 is 1.02 bits per heavy atom. The third-order valence-electron chi connectivity index (χ3n) is 7.48. The number of rotatable bonds is 7. The molecule has 10 nitrogen and oxygen atoms in total. The lowest BCUT2D eigenvalue weighted by Crippen LogP contribution is -2.32. The summed E-state index contributed by atoms with van der Waals surface area (Å²) < 4.78 is 53.0. The number of para-hydroxylation sites is 1. The molecule has 1 saturated carbocycles. The minimum Gasteiger partial charge on any atom is -0.402 e. The molecule has 4 aromatic rings. The fourth-order valence-electron chi connectivity index (χ4n) is 5.02. The fourth-order valence-corrected chi connectivity index (χ4v) is 6.32. The van der Waals surface area contributed by atoms with Crippen LogP contribution < -0.4 is 16.0 Å². The van der Waals surface area contributed by atoms with Crippen LogP contribution in [0.25, 0.3) is 11.6 Å². The first-order valence-electron chi connectivity index (χ1n) is 13.4. The van der Waals surface area contributed by atoms with Crippen LogP contribution >= 0.6 is 11.3 Å². The zero-order valence-electron chi connectivity index (χ0n) is 21.9. The number of aliphatic imine (C=N–C) groups is 1. The topological polar surface area (TPSA) is 127 Å². The number of alkyl halides is 3. The van der Waals surface area contributed by atoms with Gasteiger partial charge >= 0.3 is 12.2 Å². The van der Waals surface area contributed by atoms with Crippen molar-refractivity contribution in [2.75, 3.05) is 29.2 Å². The summed E-state index contributed by atoms with van der Waals surface area (Å²) in [7, 11) is 0. The van der Waals surface area contributed by atoms with E-state index in [1.54, 1.807) is 6.07 Å². The molecule has 42 heavy (non-hydrogen) atoms. The molecule has 2 atom stereocenters. The lowest BCUT2D eigenvalue weighted by Gasteiger charge is -2.16. The molecule has 1 amide bonds. The SMILES string of the molecule is O=C1Nc2ccccc2C(c2ccccc2)=N[C@@H]1Nc1nnc(-c2nc(C3(C(F)(F)F)CC3)sc2N[C@@H]2CCOC2)o1. The summed E-state index contributed by atoms with van der Waals surface area (Å²) in [6.45, 7) is 0.979. The molecule has 7 rings (SSSR count). The first-order chi connectivity index (χ1) is 20.3. The molecular weight excluding hydrogens is 571 g/mol. The number of nitrogens with zero attached hydrogens (tertiary/aromatic N) is 4. The largest absolute Gasteiger partial charge is 0.402 e. The molecule has 3 aliphatic rings. The summed E-state index contributed by atoms with van der Waals surface area (Å²) in [6, 6.07) is 16.5. The Kier molecular flexibility index (Phi) is 6.46. The lowest BCUT2D eigenvalue weighted by molar-refractivity contribution is -0.160. The van der Waals surface area contributed by atoms with Gasteiger partial charge in [-0.25, -0.2) is 9.98 Å². The number of benzene rings is 2. The number of nitrogens with one attached hydrogen (secondary N) is 3. The Balaban J connectivity index is 1.21. The average molecular weight is 596 g/mol. The predicted molar refractivity (Wildman–Crippen MR) is 150 cm³/mol. The van der Waals surface area contributed by atoms with E-state index in [1.165, 1.54) is 0 Å². The highest BCUT2D eigenvalue weighted by Crippen LogP contribution is 2.60. The standard InChI is InChI=1S/C28H24F3N7O3S/c29-28(30,31)27(11-12-27)25-35-20(24(42-25)32-16-10-13-40-14-16)23-37-38-26(41-23)36-21-22(39)33-18-9-5-4-8-17(18)19(34-21)15-6-2-1-3-7-15/h1-9,16,21,32H,10-14H2,(H,33,39)(H,36,38)/t16-,21-/m1/s1. The van der Waals surface area contributed by atoms with Crippen LogP contribution in [0, 0.1) is 0 Å². The molecule has 4 heterocycles. The highest BCUT2D eigenvalue weighted by atomic mass is 32.1. The van der Waals surface area contributed by atoms with Gasteiger partial charge in [-0.3, -0.25) is 4.79 Å². The number of amides is 1. The maximum absolute atomic E-state index is 13.9. The van der Waals surface area contributed by atoms with Crippen LogP contribution in [-0.2, 0) is 14.9 Å². The van der Waals surface area contributed by atoms with Crippen LogP contribution in [0.4, 0.5) is 29.9 Å². The van der Waals surface area contributed by atoms with Gasteiger partial charge in [-0.1, -0.05) is 65.0 Å². The molecule has 1 aliphatic carbocycles. The van der Waals surface area contributed by atoms with Crippen LogP contribution in [0.15, 0.2) is 64.0 Å². The van der Waals surface area contributed by atoms with Gasteiger partial charge in [0.1, 0.15) is 15.4 Å². The number of aromatic nitrogens is 3. The summed E-state index contributed by atoms with van der Waals surface area (Å²) in [5.41, 5.74) is 0.895. The van der Waals surface area contributed by atoms with Crippen molar-refractivity contribution >= 4 is 39.7 Å². The highest BCUT2D eigenvalue weighted by Gasteiger charge is 2.66. The van der Waals surface area contributed by atoms with Crippen LogP contribution in [0.3, 0.4) is 0 Å². The normalized spacial score (nSPS) is 21.2. The summed E-state index contributed by atoms with van der Waals surface area (Å²) in [5, 5.41) is 17.4. The van der Waals surface area contributed by atoms with Gasteiger partial charge in [-0.05, 0) is 25.3 Å². The zero-order valence-corrected chi connectivity index (χ0v) is 22.8. The van der Waals surface area contributed by atoms with E-state index in [9.17, 15) is 18.0 Å². The van der Waals surface area contributed by atoms with Crippen molar-refractivity contribution in [3.63, 3.8) is 0 Å². The van der Waals surface area contributed by atoms with E-state index in [0.29, 0.717) is 36.0 Å². The fraction of sp³-hybridized carbons (Fsp3) is 0.321. The third-order valence-corrected chi connectivity index (χ3v) is 8.67. The van der Waals surface area contributed by atoms with Gasteiger partial charge < -0.3 is 25.1 Å². The van der Waals surface area contributed by atoms with Crippen molar-refractivity contribution in [3.8, 4) is 11.6 Å². The van der Waals surface area contributed by atoms with E-state index in [1.807, 2.05) is 48.5 Å². The zero-order chi connectivity index (χ0) is 28.9. The maximum Gasteiger partial charge on any atom is 0.400 e.